The van der Waals surface area contributed by atoms with E-state index < -0.39 is 17.8 Å². The number of nitrogens with zero attached hydrogens (tertiary/aromatic N) is 1. The summed E-state index contributed by atoms with van der Waals surface area (Å²) < 4.78 is 10.3. The Morgan fingerprint density at radius 3 is 2.55 bits per heavy atom. The summed E-state index contributed by atoms with van der Waals surface area (Å²) >= 11 is 0. The fraction of sp³-hybridized carbons (Fsp3) is 0.200. The fourth-order valence-electron chi connectivity index (χ4n) is 2.21. The van der Waals surface area contributed by atoms with Crippen molar-refractivity contribution in [3.63, 3.8) is 0 Å². The van der Waals surface area contributed by atoms with Gasteiger partial charge in [0, 0.05) is 19.2 Å². The van der Waals surface area contributed by atoms with Gasteiger partial charge in [0.15, 0.2) is 0 Å². The molecule has 152 valence electrons. The van der Waals surface area contributed by atoms with Crippen molar-refractivity contribution in [3.8, 4) is 5.75 Å². The predicted molar refractivity (Wildman–Crippen MR) is 102 cm³/mol. The van der Waals surface area contributed by atoms with Gasteiger partial charge in [0.05, 0.1) is 18.8 Å². The van der Waals surface area contributed by atoms with E-state index in [4.69, 9.17) is 9.47 Å². The van der Waals surface area contributed by atoms with E-state index in [9.17, 15) is 19.5 Å². The highest BCUT2D eigenvalue weighted by Crippen LogP contribution is 2.20. The third-order valence-electron chi connectivity index (χ3n) is 3.64. The SMILES string of the molecule is COCCNC(=O)C(=O)N/N=C\c1ccc(OCc2ccccc2)c(C(=O)[O-])c1. The molecular formula is C20H20N3O6-. The molecule has 29 heavy (non-hydrogen) atoms. The minimum Gasteiger partial charge on any atom is -0.545 e. The number of rotatable bonds is 9. The number of methoxy groups -OCH3 is 1. The normalized spacial score (nSPS) is 10.5. The highest BCUT2D eigenvalue weighted by Gasteiger charge is 2.11. The molecule has 0 saturated heterocycles. The Kier molecular flexibility index (Phi) is 8.33. The van der Waals surface area contributed by atoms with Crippen LogP contribution in [0.15, 0.2) is 53.6 Å². The van der Waals surface area contributed by atoms with Crippen LogP contribution in [0.4, 0.5) is 0 Å². The van der Waals surface area contributed by atoms with Gasteiger partial charge in [-0.05, 0) is 29.3 Å². The molecule has 0 aliphatic heterocycles. The molecule has 2 N–H and O–H groups in total. The van der Waals surface area contributed by atoms with Crippen LogP contribution in [-0.2, 0) is 20.9 Å². The summed E-state index contributed by atoms with van der Waals surface area (Å²) in [5, 5.41) is 17.4. The van der Waals surface area contributed by atoms with Crippen molar-refractivity contribution in [1.29, 1.82) is 0 Å². The number of carboxylic acids is 1. The van der Waals surface area contributed by atoms with E-state index in [-0.39, 0.29) is 31.1 Å². The summed E-state index contributed by atoms with van der Waals surface area (Å²) in [7, 11) is 1.47. The second-order valence-electron chi connectivity index (χ2n) is 5.77. The number of ether oxygens (including phenoxy) is 2. The molecule has 0 aliphatic carbocycles. The van der Waals surface area contributed by atoms with Crippen molar-refractivity contribution >= 4 is 24.0 Å². The van der Waals surface area contributed by atoms with Gasteiger partial charge < -0.3 is 24.7 Å². The highest BCUT2D eigenvalue weighted by atomic mass is 16.5. The number of hydrogen-bond donors (Lipinski definition) is 2. The monoisotopic (exact) mass is 398 g/mol. The molecule has 0 unspecified atom stereocenters. The zero-order valence-corrected chi connectivity index (χ0v) is 15.7. The maximum Gasteiger partial charge on any atom is 0.329 e. The molecule has 0 fully saturated rings. The molecule has 2 aromatic rings. The van der Waals surface area contributed by atoms with Gasteiger partial charge in [-0.2, -0.15) is 5.10 Å². The number of hydrazone groups is 1. The molecule has 9 nitrogen and oxygen atoms in total. The Bertz CT molecular complexity index is 883. The van der Waals surface area contributed by atoms with Gasteiger partial charge in [-0.3, -0.25) is 9.59 Å². The largest absolute Gasteiger partial charge is 0.545 e. The number of carboxylic acid groups (broad SMARTS) is 1. The van der Waals surface area contributed by atoms with Crippen molar-refractivity contribution < 1.29 is 29.0 Å². The zero-order valence-electron chi connectivity index (χ0n) is 15.7. The van der Waals surface area contributed by atoms with Crippen LogP contribution in [-0.4, -0.2) is 44.3 Å². The number of amides is 2. The number of carbonyl (C=O) groups excluding carboxylic acids is 3. The van der Waals surface area contributed by atoms with E-state index >= 15 is 0 Å². The quantitative estimate of drug-likeness (QED) is 0.261. The van der Waals surface area contributed by atoms with Gasteiger partial charge in [0.25, 0.3) is 0 Å². The van der Waals surface area contributed by atoms with Crippen LogP contribution in [0.2, 0.25) is 0 Å². The summed E-state index contributed by atoms with van der Waals surface area (Å²) in [6.45, 7) is 0.654. The minimum atomic E-state index is -1.41. The van der Waals surface area contributed by atoms with Crippen LogP contribution >= 0.6 is 0 Å². The molecule has 0 saturated carbocycles. The van der Waals surface area contributed by atoms with Crippen LogP contribution in [0, 0.1) is 0 Å². The van der Waals surface area contributed by atoms with E-state index in [0.717, 1.165) is 5.56 Å². The first-order chi connectivity index (χ1) is 14.0. The van der Waals surface area contributed by atoms with E-state index in [1.807, 2.05) is 30.3 Å². The van der Waals surface area contributed by atoms with Crippen LogP contribution in [0.1, 0.15) is 21.5 Å². The lowest BCUT2D eigenvalue weighted by molar-refractivity contribution is -0.255. The van der Waals surface area contributed by atoms with Gasteiger partial charge in [-0.25, -0.2) is 5.43 Å². The molecular weight excluding hydrogens is 378 g/mol. The molecule has 2 amide bonds. The Hall–Kier alpha value is -3.72. The Labute approximate surface area is 167 Å². The molecule has 0 heterocycles. The summed E-state index contributed by atoms with van der Waals surface area (Å²) in [6, 6.07) is 13.6. The smallest absolute Gasteiger partial charge is 0.329 e. The van der Waals surface area contributed by atoms with Gasteiger partial charge in [0.1, 0.15) is 12.4 Å². The van der Waals surface area contributed by atoms with E-state index in [1.54, 1.807) is 6.07 Å². The van der Waals surface area contributed by atoms with Crippen LogP contribution < -0.4 is 20.6 Å². The molecule has 2 aromatic carbocycles. The summed E-state index contributed by atoms with van der Waals surface area (Å²) in [6.07, 6.45) is 1.20. The second-order valence-corrected chi connectivity index (χ2v) is 5.77. The summed E-state index contributed by atoms with van der Waals surface area (Å²) in [4.78, 5) is 34.5. The standard InChI is InChI=1S/C20H21N3O6/c1-28-10-9-21-18(24)19(25)23-22-12-15-7-8-17(16(11-15)20(26)27)29-13-14-5-3-2-4-6-14/h2-8,11-12H,9-10,13H2,1H3,(H,21,24)(H,23,25)(H,26,27)/p-1/b22-12-. The number of benzene rings is 2. The topological polar surface area (TPSA) is 129 Å². The second kappa shape index (κ2) is 11.2. The van der Waals surface area contributed by atoms with Gasteiger partial charge in [-0.15, -0.1) is 0 Å². The number of carbonyl (C=O) groups is 3. The van der Waals surface area contributed by atoms with E-state index in [1.165, 1.54) is 25.5 Å². The van der Waals surface area contributed by atoms with E-state index in [2.05, 4.69) is 15.8 Å². The first-order valence-corrected chi connectivity index (χ1v) is 8.63. The average Bonchev–Trinajstić information content (AvgIpc) is 2.73. The van der Waals surface area contributed by atoms with Crippen molar-refractivity contribution in [1.82, 2.24) is 10.7 Å². The molecule has 2 rings (SSSR count). The molecule has 9 heteroatoms. The minimum absolute atomic E-state index is 0.146. The average molecular weight is 398 g/mol. The number of hydrogen-bond acceptors (Lipinski definition) is 7. The van der Waals surface area contributed by atoms with Crippen LogP contribution in [0.3, 0.4) is 0 Å². The van der Waals surface area contributed by atoms with Crippen LogP contribution in [0.25, 0.3) is 0 Å². The lowest BCUT2D eigenvalue weighted by Gasteiger charge is -2.13. The third kappa shape index (κ3) is 7.07. The molecule has 0 aromatic heterocycles. The predicted octanol–water partition coefficient (Wildman–Crippen LogP) is -0.158. The summed E-state index contributed by atoms with van der Waals surface area (Å²) in [5.74, 6) is -3.09. The number of aromatic carboxylic acids is 1. The lowest BCUT2D eigenvalue weighted by Crippen LogP contribution is -2.39. The Morgan fingerprint density at radius 2 is 1.86 bits per heavy atom. The lowest BCUT2D eigenvalue weighted by atomic mass is 10.1. The van der Waals surface area contributed by atoms with Gasteiger partial charge in [-0.1, -0.05) is 30.3 Å². The highest BCUT2D eigenvalue weighted by molar-refractivity contribution is 6.35. The molecule has 0 radical (unpaired) electrons. The number of nitrogens with one attached hydrogen (secondary N) is 2. The molecule has 0 atom stereocenters. The maximum absolute atomic E-state index is 11.6. The van der Waals surface area contributed by atoms with Gasteiger partial charge >= 0.3 is 11.8 Å². The van der Waals surface area contributed by atoms with Crippen molar-refractivity contribution in [2.24, 2.45) is 5.10 Å². The Balaban J connectivity index is 1.98. The molecule has 0 spiro atoms. The fourth-order valence-corrected chi connectivity index (χ4v) is 2.21. The molecule has 0 bridgehead atoms. The van der Waals surface area contributed by atoms with Crippen LogP contribution in [0.5, 0.6) is 5.75 Å². The first kappa shape index (κ1) is 21.6. The van der Waals surface area contributed by atoms with E-state index in [0.29, 0.717) is 5.56 Å². The first-order valence-electron chi connectivity index (χ1n) is 8.63. The summed E-state index contributed by atoms with van der Waals surface area (Å²) in [5.41, 5.74) is 3.15. The van der Waals surface area contributed by atoms with Crippen molar-refractivity contribution in [2.45, 2.75) is 6.61 Å². The van der Waals surface area contributed by atoms with Crippen molar-refractivity contribution in [3.05, 3.63) is 65.2 Å². The zero-order chi connectivity index (χ0) is 21.1. The maximum atomic E-state index is 11.6. The molecule has 0 aliphatic rings. The third-order valence-corrected chi connectivity index (χ3v) is 3.64. The van der Waals surface area contributed by atoms with Gasteiger partial charge in [0.2, 0.25) is 0 Å². The Morgan fingerprint density at radius 1 is 1.10 bits per heavy atom. The van der Waals surface area contributed by atoms with Crippen molar-refractivity contribution in [2.75, 3.05) is 20.3 Å².